The molecule has 2 aromatic carbocycles. The van der Waals surface area contributed by atoms with E-state index in [-0.39, 0.29) is 23.6 Å². The standard InChI is InChI=1S/C14H10FNO4/c15-12-5-11(8-17)6-14(7-12)20-9-10-1-3-13(4-2-10)16(18)19/h1-8H,9H2. The number of nitrogens with zero attached hydrogens (tertiary/aromatic N) is 1. The molecule has 0 saturated heterocycles. The number of nitro benzene ring substituents is 1. The zero-order valence-electron chi connectivity index (χ0n) is 10.3. The van der Waals surface area contributed by atoms with Crippen LogP contribution in [0.5, 0.6) is 5.75 Å². The van der Waals surface area contributed by atoms with Crippen molar-refractivity contribution < 1.29 is 18.8 Å². The van der Waals surface area contributed by atoms with Crippen molar-refractivity contribution in [3.63, 3.8) is 0 Å². The number of nitro groups is 1. The number of aldehydes is 1. The number of rotatable bonds is 5. The zero-order chi connectivity index (χ0) is 14.5. The second-order valence-corrected chi connectivity index (χ2v) is 4.05. The van der Waals surface area contributed by atoms with Crippen molar-refractivity contribution in [2.24, 2.45) is 0 Å². The Morgan fingerprint density at radius 1 is 1.20 bits per heavy atom. The van der Waals surface area contributed by atoms with Gasteiger partial charge >= 0.3 is 0 Å². The molecular formula is C14H10FNO4. The summed E-state index contributed by atoms with van der Waals surface area (Å²) in [5.74, 6) is -0.334. The number of carbonyl (C=O) groups excluding carboxylic acids is 1. The molecule has 0 aromatic heterocycles. The summed E-state index contributed by atoms with van der Waals surface area (Å²) in [6, 6.07) is 9.52. The van der Waals surface area contributed by atoms with Crippen molar-refractivity contribution in [1.82, 2.24) is 0 Å². The first-order chi connectivity index (χ1) is 9.58. The summed E-state index contributed by atoms with van der Waals surface area (Å²) < 4.78 is 18.5. The molecular weight excluding hydrogens is 265 g/mol. The molecule has 0 saturated carbocycles. The fourth-order valence-corrected chi connectivity index (χ4v) is 1.62. The van der Waals surface area contributed by atoms with Gasteiger partial charge in [0, 0.05) is 23.8 Å². The van der Waals surface area contributed by atoms with Gasteiger partial charge < -0.3 is 4.74 Å². The lowest BCUT2D eigenvalue weighted by Crippen LogP contribution is -1.97. The summed E-state index contributed by atoms with van der Waals surface area (Å²) in [4.78, 5) is 20.6. The normalized spacial score (nSPS) is 10.1. The van der Waals surface area contributed by atoms with E-state index in [4.69, 9.17) is 4.74 Å². The summed E-state index contributed by atoms with van der Waals surface area (Å²) in [6.07, 6.45) is 0.530. The van der Waals surface area contributed by atoms with Crippen LogP contribution >= 0.6 is 0 Å². The van der Waals surface area contributed by atoms with Gasteiger partial charge in [0.05, 0.1) is 4.92 Å². The highest BCUT2D eigenvalue weighted by Gasteiger charge is 2.05. The van der Waals surface area contributed by atoms with Crippen molar-refractivity contribution in [1.29, 1.82) is 0 Å². The van der Waals surface area contributed by atoms with E-state index in [1.165, 1.54) is 24.3 Å². The third-order valence-corrected chi connectivity index (χ3v) is 2.58. The molecule has 2 aromatic rings. The Balaban J connectivity index is 2.06. The van der Waals surface area contributed by atoms with Gasteiger partial charge in [-0.05, 0) is 29.8 Å². The highest BCUT2D eigenvalue weighted by atomic mass is 19.1. The number of ether oxygens (including phenoxy) is 1. The van der Waals surface area contributed by atoms with Crippen LogP contribution in [0.2, 0.25) is 0 Å². The molecule has 0 bridgehead atoms. The molecule has 5 nitrogen and oxygen atoms in total. The van der Waals surface area contributed by atoms with E-state index < -0.39 is 10.7 Å². The van der Waals surface area contributed by atoms with Crippen molar-refractivity contribution >= 4 is 12.0 Å². The third-order valence-electron chi connectivity index (χ3n) is 2.58. The molecule has 0 heterocycles. The highest BCUT2D eigenvalue weighted by Crippen LogP contribution is 2.18. The van der Waals surface area contributed by atoms with E-state index in [1.54, 1.807) is 12.1 Å². The molecule has 6 heteroatoms. The molecule has 0 aliphatic carbocycles. The van der Waals surface area contributed by atoms with Gasteiger partial charge in [0.15, 0.2) is 0 Å². The van der Waals surface area contributed by atoms with Crippen molar-refractivity contribution in [2.45, 2.75) is 6.61 Å². The molecule has 102 valence electrons. The average molecular weight is 275 g/mol. The first-order valence-electron chi connectivity index (χ1n) is 5.70. The summed E-state index contributed by atoms with van der Waals surface area (Å²) in [5.41, 5.74) is 0.874. The molecule has 0 unspecified atom stereocenters. The third kappa shape index (κ3) is 3.38. The summed E-state index contributed by atoms with van der Waals surface area (Å²) in [5, 5.41) is 10.5. The smallest absolute Gasteiger partial charge is 0.269 e. The zero-order valence-corrected chi connectivity index (χ0v) is 10.3. The van der Waals surface area contributed by atoms with Crippen LogP contribution in [0.15, 0.2) is 42.5 Å². The number of benzene rings is 2. The van der Waals surface area contributed by atoms with E-state index in [0.29, 0.717) is 11.8 Å². The molecule has 0 atom stereocenters. The lowest BCUT2D eigenvalue weighted by molar-refractivity contribution is -0.384. The minimum absolute atomic E-state index is 0.0113. The molecule has 0 radical (unpaired) electrons. The van der Waals surface area contributed by atoms with Gasteiger partial charge in [0.25, 0.3) is 5.69 Å². The molecule has 20 heavy (non-hydrogen) atoms. The van der Waals surface area contributed by atoms with E-state index in [0.717, 1.165) is 6.07 Å². The molecule has 0 N–H and O–H groups in total. The predicted octanol–water partition coefficient (Wildman–Crippen LogP) is 3.13. The molecule has 0 aliphatic heterocycles. The first-order valence-corrected chi connectivity index (χ1v) is 5.70. The fourth-order valence-electron chi connectivity index (χ4n) is 1.62. The second-order valence-electron chi connectivity index (χ2n) is 4.05. The Hall–Kier alpha value is -2.76. The van der Waals surface area contributed by atoms with Crippen LogP contribution < -0.4 is 4.74 Å². The van der Waals surface area contributed by atoms with E-state index in [9.17, 15) is 19.3 Å². The first kappa shape index (κ1) is 13.7. The van der Waals surface area contributed by atoms with Crippen LogP contribution in [-0.2, 0) is 6.61 Å². The van der Waals surface area contributed by atoms with Crippen LogP contribution in [0.3, 0.4) is 0 Å². The Morgan fingerprint density at radius 3 is 2.50 bits per heavy atom. The minimum Gasteiger partial charge on any atom is -0.489 e. The Morgan fingerprint density at radius 2 is 1.90 bits per heavy atom. The number of carbonyl (C=O) groups is 1. The fraction of sp³-hybridized carbons (Fsp3) is 0.0714. The topological polar surface area (TPSA) is 69.4 Å². The number of hydrogen-bond donors (Lipinski definition) is 0. The van der Waals surface area contributed by atoms with Gasteiger partial charge in [-0.3, -0.25) is 14.9 Å². The average Bonchev–Trinajstić information content (AvgIpc) is 2.45. The maximum atomic E-state index is 13.2. The van der Waals surface area contributed by atoms with Gasteiger partial charge in [-0.2, -0.15) is 0 Å². The monoisotopic (exact) mass is 275 g/mol. The molecule has 0 aliphatic rings. The lowest BCUT2D eigenvalue weighted by atomic mass is 10.2. The number of hydrogen-bond acceptors (Lipinski definition) is 4. The summed E-state index contributed by atoms with van der Waals surface area (Å²) in [7, 11) is 0. The largest absolute Gasteiger partial charge is 0.489 e. The highest BCUT2D eigenvalue weighted by molar-refractivity contribution is 5.75. The van der Waals surface area contributed by atoms with Gasteiger partial charge in [-0.1, -0.05) is 0 Å². The van der Waals surface area contributed by atoms with E-state index in [1.807, 2.05) is 0 Å². The Labute approximate surface area is 113 Å². The predicted molar refractivity (Wildman–Crippen MR) is 69.2 cm³/mol. The Kier molecular flexibility index (Phi) is 4.05. The van der Waals surface area contributed by atoms with Gasteiger partial charge in [0.1, 0.15) is 24.5 Å². The second kappa shape index (κ2) is 5.92. The van der Waals surface area contributed by atoms with Crippen LogP contribution in [0.4, 0.5) is 10.1 Å². The number of non-ortho nitro benzene ring substituents is 1. The quantitative estimate of drug-likeness (QED) is 0.477. The van der Waals surface area contributed by atoms with Gasteiger partial charge in [-0.25, -0.2) is 4.39 Å². The van der Waals surface area contributed by atoms with E-state index in [2.05, 4.69) is 0 Å². The van der Waals surface area contributed by atoms with Crippen LogP contribution in [-0.4, -0.2) is 11.2 Å². The molecule has 0 fully saturated rings. The lowest BCUT2D eigenvalue weighted by Gasteiger charge is -2.07. The molecule has 0 amide bonds. The van der Waals surface area contributed by atoms with Crippen molar-refractivity contribution in [3.8, 4) is 5.75 Å². The summed E-state index contributed by atoms with van der Waals surface area (Å²) >= 11 is 0. The van der Waals surface area contributed by atoms with Crippen LogP contribution in [0.25, 0.3) is 0 Å². The Bertz CT molecular complexity index is 640. The van der Waals surface area contributed by atoms with Crippen molar-refractivity contribution in [3.05, 3.63) is 69.5 Å². The minimum atomic E-state index is -0.562. The summed E-state index contributed by atoms with van der Waals surface area (Å²) in [6.45, 7) is 0.125. The van der Waals surface area contributed by atoms with Crippen LogP contribution in [0, 0.1) is 15.9 Å². The molecule has 2 rings (SSSR count). The van der Waals surface area contributed by atoms with E-state index >= 15 is 0 Å². The van der Waals surface area contributed by atoms with Gasteiger partial charge in [0.2, 0.25) is 0 Å². The van der Waals surface area contributed by atoms with Crippen LogP contribution in [0.1, 0.15) is 15.9 Å². The SMILES string of the molecule is O=Cc1cc(F)cc(OCc2ccc([N+](=O)[O-])cc2)c1. The maximum absolute atomic E-state index is 13.2. The maximum Gasteiger partial charge on any atom is 0.269 e. The number of halogens is 1. The molecule has 0 spiro atoms. The van der Waals surface area contributed by atoms with Gasteiger partial charge in [-0.15, -0.1) is 0 Å². The van der Waals surface area contributed by atoms with Crippen molar-refractivity contribution in [2.75, 3.05) is 0 Å².